The molecule has 0 spiro atoms. The molecule has 31 heavy (non-hydrogen) atoms. The van der Waals surface area contributed by atoms with Gasteiger partial charge in [-0.25, -0.2) is 0 Å². The van der Waals surface area contributed by atoms with Gasteiger partial charge in [-0.15, -0.1) is 0 Å². The summed E-state index contributed by atoms with van der Waals surface area (Å²) >= 11 is 0. The maximum atomic E-state index is 12.5. The first-order valence-corrected chi connectivity index (χ1v) is 12.0. The van der Waals surface area contributed by atoms with Gasteiger partial charge in [-0.3, -0.25) is 14.4 Å². The Kier molecular flexibility index (Phi) is 8.13. The monoisotopic (exact) mass is 423 g/mol. The average molecular weight is 424 g/mol. The number of aromatic nitrogens is 2. The van der Waals surface area contributed by atoms with Crippen molar-refractivity contribution in [3.63, 3.8) is 0 Å². The number of rotatable bonds is 10. The fourth-order valence-corrected chi connectivity index (χ4v) is 4.96. The molecule has 1 unspecified atom stereocenters. The van der Waals surface area contributed by atoms with Crippen LogP contribution < -0.4 is 5.32 Å². The van der Waals surface area contributed by atoms with Crippen molar-refractivity contribution in [2.45, 2.75) is 57.7 Å². The average Bonchev–Trinajstić information content (AvgIpc) is 3.46. The zero-order valence-electron chi connectivity index (χ0n) is 18.7. The van der Waals surface area contributed by atoms with Gasteiger partial charge in [-0.2, -0.15) is 5.10 Å². The summed E-state index contributed by atoms with van der Waals surface area (Å²) in [6.45, 7) is 7.50. The Morgan fingerprint density at radius 3 is 2.58 bits per heavy atom. The SMILES string of the molecule is O=C(CCC1CCN(CCCn2cccn2)CC1)NC1CCN(Cc2ccccc2)C1. The van der Waals surface area contributed by atoms with E-state index in [2.05, 4.69) is 50.5 Å². The van der Waals surface area contributed by atoms with Gasteiger partial charge >= 0.3 is 0 Å². The van der Waals surface area contributed by atoms with Gasteiger partial charge in [-0.05, 0) is 69.3 Å². The normalized spacial score (nSPS) is 20.8. The maximum absolute atomic E-state index is 12.5. The Bertz CT molecular complexity index is 770. The van der Waals surface area contributed by atoms with Crippen LogP contribution in [0.1, 0.15) is 44.1 Å². The summed E-state index contributed by atoms with van der Waals surface area (Å²) in [5, 5.41) is 7.55. The smallest absolute Gasteiger partial charge is 0.220 e. The summed E-state index contributed by atoms with van der Waals surface area (Å²) in [4.78, 5) is 17.5. The van der Waals surface area contributed by atoms with E-state index in [0.717, 1.165) is 52.0 Å². The molecular formula is C25H37N5O. The second kappa shape index (κ2) is 11.4. The zero-order valence-corrected chi connectivity index (χ0v) is 18.7. The van der Waals surface area contributed by atoms with Gasteiger partial charge in [0.1, 0.15) is 0 Å². The largest absolute Gasteiger partial charge is 0.352 e. The highest BCUT2D eigenvalue weighted by Crippen LogP contribution is 2.22. The molecule has 1 atom stereocenters. The van der Waals surface area contributed by atoms with Crippen LogP contribution in [0.3, 0.4) is 0 Å². The van der Waals surface area contributed by atoms with Crippen LogP contribution >= 0.6 is 0 Å². The van der Waals surface area contributed by atoms with Crippen LogP contribution in [0.25, 0.3) is 0 Å². The molecule has 0 aliphatic carbocycles. The van der Waals surface area contributed by atoms with E-state index in [1.54, 1.807) is 0 Å². The molecule has 2 fully saturated rings. The van der Waals surface area contributed by atoms with E-state index < -0.39 is 0 Å². The minimum atomic E-state index is 0.244. The number of hydrogen-bond acceptors (Lipinski definition) is 4. The van der Waals surface area contributed by atoms with Crippen molar-refractivity contribution >= 4 is 5.91 Å². The van der Waals surface area contributed by atoms with Crippen molar-refractivity contribution in [3.05, 3.63) is 54.4 Å². The predicted molar refractivity (Wildman–Crippen MR) is 124 cm³/mol. The molecule has 0 saturated carbocycles. The molecule has 2 aliphatic rings. The lowest BCUT2D eigenvalue weighted by Gasteiger charge is -2.32. The van der Waals surface area contributed by atoms with Crippen LogP contribution in [0, 0.1) is 5.92 Å². The number of amides is 1. The molecule has 1 aromatic carbocycles. The van der Waals surface area contributed by atoms with E-state index in [1.165, 1.54) is 31.5 Å². The third-order valence-electron chi connectivity index (χ3n) is 6.79. The van der Waals surface area contributed by atoms with Crippen LogP contribution in [0.2, 0.25) is 0 Å². The summed E-state index contributed by atoms with van der Waals surface area (Å²) in [6.07, 6.45) is 10.3. The Labute approximate surface area is 186 Å². The van der Waals surface area contributed by atoms with Crippen LogP contribution in [-0.2, 0) is 17.9 Å². The van der Waals surface area contributed by atoms with Gasteiger partial charge in [0, 0.05) is 51.0 Å². The van der Waals surface area contributed by atoms with Crippen LogP contribution in [0.4, 0.5) is 0 Å². The summed E-state index contributed by atoms with van der Waals surface area (Å²) in [6, 6.07) is 12.9. The lowest BCUT2D eigenvalue weighted by atomic mass is 9.92. The van der Waals surface area contributed by atoms with Gasteiger partial charge in [0.15, 0.2) is 0 Å². The molecule has 4 rings (SSSR count). The Hall–Kier alpha value is -2.18. The second-order valence-corrected chi connectivity index (χ2v) is 9.22. The van der Waals surface area contributed by atoms with Crippen LogP contribution in [-0.4, -0.2) is 64.3 Å². The predicted octanol–water partition coefficient (Wildman–Crippen LogP) is 3.16. The first kappa shape index (κ1) is 22.0. The van der Waals surface area contributed by atoms with E-state index >= 15 is 0 Å². The lowest BCUT2D eigenvalue weighted by Crippen LogP contribution is -2.38. The molecule has 1 N–H and O–H groups in total. The summed E-state index contributed by atoms with van der Waals surface area (Å²) < 4.78 is 2.01. The molecule has 0 bridgehead atoms. The van der Waals surface area contributed by atoms with Gasteiger partial charge in [0.25, 0.3) is 0 Å². The van der Waals surface area contributed by atoms with Gasteiger partial charge in [0.2, 0.25) is 5.91 Å². The highest BCUT2D eigenvalue weighted by molar-refractivity contribution is 5.76. The third-order valence-corrected chi connectivity index (χ3v) is 6.79. The van der Waals surface area contributed by atoms with Crippen LogP contribution in [0.15, 0.2) is 48.8 Å². The lowest BCUT2D eigenvalue weighted by molar-refractivity contribution is -0.122. The quantitative estimate of drug-likeness (QED) is 0.638. The minimum Gasteiger partial charge on any atom is -0.352 e. The number of carbonyl (C=O) groups is 1. The number of hydrogen-bond donors (Lipinski definition) is 1. The van der Waals surface area contributed by atoms with E-state index in [1.807, 2.05) is 23.1 Å². The molecule has 1 aromatic heterocycles. The van der Waals surface area contributed by atoms with E-state index in [-0.39, 0.29) is 5.91 Å². The molecular weight excluding hydrogens is 386 g/mol. The minimum absolute atomic E-state index is 0.244. The van der Waals surface area contributed by atoms with E-state index in [0.29, 0.717) is 18.4 Å². The van der Waals surface area contributed by atoms with Crippen molar-refractivity contribution < 1.29 is 4.79 Å². The van der Waals surface area contributed by atoms with Crippen molar-refractivity contribution in [1.82, 2.24) is 24.9 Å². The van der Waals surface area contributed by atoms with Crippen LogP contribution in [0.5, 0.6) is 0 Å². The Morgan fingerprint density at radius 2 is 1.81 bits per heavy atom. The van der Waals surface area contributed by atoms with E-state index in [9.17, 15) is 4.79 Å². The molecule has 168 valence electrons. The Balaban J connectivity index is 1.06. The molecule has 6 nitrogen and oxygen atoms in total. The Morgan fingerprint density at radius 1 is 1.00 bits per heavy atom. The number of aryl methyl sites for hydroxylation is 1. The van der Waals surface area contributed by atoms with Crippen molar-refractivity contribution in [1.29, 1.82) is 0 Å². The van der Waals surface area contributed by atoms with Gasteiger partial charge in [0.05, 0.1) is 0 Å². The number of carbonyl (C=O) groups excluding carboxylic acids is 1. The van der Waals surface area contributed by atoms with Gasteiger partial charge < -0.3 is 10.2 Å². The number of piperidine rings is 1. The number of nitrogens with one attached hydrogen (secondary N) is 1. The summed E-state index contributed by atoms with van der Waals surface area (Å²) in [5.74, 6) is 0.944. The van der Waals surface area contributed by atoms with Gasteiger partial charge in [-0.1, -0.05) is 30.3 Å². The van der Waals surface area contributed by atoms with Crippen molar-refractivity contribution in [2.24, 2.45) is 5.92 Å². The highest BCUT2D eigenvalue weighted by atomic mass is 16.1. The van der Waals surface area contributed by atoms with E-state index in [4.69, 9.17) is 0 Å². The standard InChI is InChI=1S/C25H37N5O/c31-25(27-24-12-19-29(21-24)20-23-6-2-1-3-7-23)9-8-22-10-17-28(18-11-22)14-5-16-30-15-4-13-26-30/h1-4,6-7,13,15,22,24H,5,8-12,14,16-21H2,(H,27,31). The second-order valence-electron chi connectivity index (χ2n) is 9.22. The highest BCUT2D eigenvalue weighted by Gasteiger charge is 2.25. The first-order valence-electron chi connectivity index (χ1n) is 12.0. The number of nitrogens with zero attached hydrogens (tertiary/aromatic N) is 4. The fourth-order valence-electron chi connectivity index (χ4n) is 4.96. The molecule has 0 radical (unpaired) electrons. The molecule has 1 amide bonds. The number of benzene rings is 1. The third kappa shape index (κ3) is 7.18. The first-order chi connectivity index (χ1) is 15.2. The molecule has 3 heterocycles. The number of likely N-dealkylation sites (tertiary alicyclic amines) is 2. The summed E-state index contributed by atoms with van der Waals surface area (Å²) in [5.41, 5.74) is 1.35. The maximum Gasteiger partial charge on any atom is 0.220 e. The topological polar surface area (TPSA) is 53.4 Å². The van der Waals surface area contributed by atoms with Crippen molar-refractivity contribution in [2.75, 3.05) is 32.7 Å². The summed E-state index contributed by atoms with van der Waals surface area (Å²) in [7, 11) is 0. The zero-order chi connectivity index (χ0) is 21.3. The molecule has 6 heteroatoms. The molecule has 2 aromatic rings. The molecule has 2 aliphatic heterocycles. The molecule has 2 saturated heterocycles. The van der Waals surface area contributed by atoms with Crippen molar-refractivity contribution in [3.8, 4) is 0 Å². The fraction of sp³-hybridized carbons (Fsp3) is 0.600.